The van der Waals surface area contributed by atoms with Crippen LogP contribution in [0.1, 0.15) is 74.1 Å². The maximum atomic E-state index is 3.82. The summed E-state index contributed by atoms with van der Waals surface area (Å²) < 4.78 is 0. The van der Waals surface area contributed by atoms with Crippen LogP contribution in [0.2, 0.25) is 0 Å². The smallest absolute Gasteiger partial charge is 0.0329 e. The van der Waals surface area contributed by atoms with Gasteiger partial charge in [0.1, 0.15) is 0 Å². The Hall–Kier alpha value is -0.0800. The molecule has 1 saturated heterocycles. The van der Waals surface area contributed by atoms with E-state index in [0.717, 1.165) is 6.54 Å². The Bertz CT molecular complexity index is 275. The van der Waals surface area contributed by atoms with Gasteiger partial charge >= 0.3 is 0 Å². The molecule has 2 heteroatoms. The third-order valence-corrected chi connectivity index (χ3v) is 5.28. The van der Waals surface area contributed by atoms with Crippen molar-refractivity contribution in [1.82, 2.24) is 10.2 Å². The highest BCUT2D eigenvalue weighted by Crippen LogP contribution is 2.32. The third kappa shape index (κ3) is 4.19. The summed E-state index contributed by atoms with van der Waals surface area (Å²) in [6.45, 7) is 20.0. The van der Waals surface area contributed by atoms with E-state index < -0.39 is 0 Å². The number of piperazine rings is 1. The molecular weight excluding hydrogens is 232 g/mol. The molecule has 0 amide bonds. The molecule has 114 valence electrons. The fourth-order valence-electron chi connectivity index (χ4n) is 3.11. The lowest BCUT2D eigenvalue weighted by atomic mass is 9.81. The second kappa shape index (κ2) is 6.13. The number of hydrogen-bond acceptors (Lipinski definition) is 2. The zero-order valence-electron chi connectivity index (χ0n) is 14.4. The first-order chi connectivity index (χ1) is 8.70. The van der Waals surface area contributed by atoms with Gasteiger partial charge in [-0.15, -0.1) is 0 Å². The zero-order valence-corrected chi connectivity index (χ0v) is 14.4. The molecule has 1 atom stereocenters. The van der Waals surface area contributed by atoms with Crippen LogP contribution in [0.5, 0.6) is 0 Å². The first-order valence-corrected chi connectivity index (χ1v) is 8.20. The van der Waals surface area contributed by atoms with E-state index in [2.05, 4.69) is 58.7 Å². The van der Waals surface area contributed by atoms with E-state index in [4.69, 9.17) is 0 Å². The van der Waals surface area contributed by atoms with Gasteiger partial charge in [0, 0.05) is 24.2 Å². The average molecular weight is 268 g/mol. The monoisotopic (exact) mass is 268 g/mol. The molecule has 2 nitrogen and oxygen atoms in total. The molecule has 1 aliphatic heterocycles. The molecule has 0 radical (unpaired) electrons. The SMILES string of the molecule is CCC1(C)CN(CCC(C)(C)C)C(CC)(CC)CN1. The van der Waals surface area contributed by atoms with E-state index in [-0.39, 0.29) is 0 Å². The van der Waals surface area contributed by atoms with Gasteiger partial charge in [-0.2, -0.15) is 0 Å². The lowest BCUT2D eigenvalue weighted by Gasteiger charge is -2.54. The molecule has 0 aromatic carbocycles. The molecule has 1 fully saturated rings. The highest BCUT2D eigenvalue weighted by molar-refractivity contribution is 5.02. The summed E-state index contributed by atoms with van der Waals surface area (Å²) in [6, 6.07) is 0. The van der Waals surface area contributed by atoms with Crippen LogP contribution in [0, 0.1) is 5.41 Å². The minimum Gasteiger partial charge on any atom is -0.308 e. The summed E-state index contributed by atoms with van der Waals surface area (Å²) in [5.41, 5.74) is 1.10. The molecule has 0 aromatic rings. The van der Waals surface area contributed by atoms with E-state index in [0.29, 0.717) is 16.5 Å². The predicted octanol–water partition coefficient (Wildman–Crippen LogP) is 4.06. The van der Waals surface area contributed by atoms with Crippen LogP contribution in [0.25, 0.3) is 0 Å². The second-order valence-electron chi connectivity index (χ2n) is 7.93. The van der Waals surface area contributed by atoms with Crippen molar-refractivity contribution >= 4 is 0 Å². The van der Waals surface area contributed by atoms with E-state index in [9.17, 15) is 0 Å². The summed E-state index contributed by atoms with van der Waals surface area (Å²) >= 11 is 0. The molecule has 19 heavy (non-hydrogen) atoms. The number of nitrogens with one attached hydrogen (secondary N) is 1. The van der Waals surface area contributed by atoms with Gasteiger partial charge in [-0.3, -0.25) is 4.90 Å². The molecule has 1 unspecified atom stereocenters. The Labute approximate surface area is 121 Å². The van der Waals surface area contributed by atoms with Crippen molar-refractivity contribution in [1.29, 1.82) is 0 Å². The Morgan fingerprint density at radius 2 is 1.63 bits per heavy atom. The second-order valence-corrected chi connectivity index (χ2v) is 7.93. The van der Waals surface area contributed by atoms with Crippen molar-refractivity contribution in [2.45, 2.75) is 85.2 Å². The summed E-state index contributed by atoms with van der Waals surface area (Å²) in [4.78, 5) is 2.79. The molecule has 0 aromatic heterocycles. The van der Waals surface area contributed by atoms with E-state index in [1.165, 1.54) is 38.8 Å². The lowest BCUT2D eigenvalue weighted by molar-refractivity contribution is -0.00395. The quantitative estimate of drug-likeness (QED) is 0.809. The fourth-order valence-corrected chi connectivity index (χ4v) is 3.11. The van der Waals surface area contributed by atoms with Crippen molar-refractivity contribution in [2.24, 2.45) is 5.41 Å². The van der Waals surface area contributed by atoms with E-state index in [1.54, 1.807) is 0 Å². The van der Waals surface area contributed by atoms with Crippen LogP contribution >= 0.6 is 0 Å². The number of nitrogens with zero attached hydrogens (tertiary/aromatic N) is 1. The van der Waals surface area contributed by atoms with Crippen molar-refractivity contribution in [2.75, 3.05) is 19.6 Å². The van der Waals surface area contributed by atoms with Gasteiger partial charge in [0.2, 0.25) is 0 Å². The molecular formula is C17H36N2. The highest BCUT2D eigenvalue weighted by Gasteiger charge is 2.42. The van der Waals surface area contributed by atoms with Crippen LogP contribution in [-0.2, 0) is 0 Å². The topological polar surface area (TPSA) is 15.3 Å². The van der Waals surface area contributed by atoms with Crippen molar-refractivity contribution in [3.8, 4) is 0 Å². The molecule has 1 rings (SSSR count). The summed E-state index contributed by atoms with van der Waals surface area (Å²) in [5, 5.41) is 3.82. The van der Waals surface area contributed by atoms with Crippen molar-refractivity contribution in [3.05, 3.63) is 0 Å². The van der Waals surface area contributed by atoms with Crippen LogP contribution in [0.15, 0.2) is 0 Å². The van der Waals surface area contributed by atoms with Crippen molar-refractivity contribution < 1.29 is 0 Å². The van der Waals surface area contributed by atoms with Gasteiger partial charge in [-0.25, -0.2) is 0 Å². The van der Waals surface area contributed by atoms with E-state index >= 15 is 0 Å². The van der Waals surface area contributed by atoms with Crippen LogP contribution in [-0.4, -0.2) is 35.6 Å². The Morgan fingerprint density at radius 1 is 1.05 bits per heavy atom. The number of hydrogen-bond donors (Lipinski definition) is 1. The Balaban J connectivity index is 2.82. The standard InChI is InChI=1S/C17H36N2/c1-8-16(7)14-19(12-11-15(4,5)6)17(9-2,10-3)13-18-16/h18H,8-14H2,1-7H3. The predicted molar refractivity (Wildman–Crippen MR) is 85.7 cm³/mol. The summed E-state index contributed by atoms with van der Waals surface area (Å²) in [5.74, 6) is 0. The maximum Gasteiger partial charge on any atom is 0.0329 e. The van der Waals surface area contributed by atoms with Gasteiger partial charge in [-0.1, -0.05) is 41.5 Å². The molecule has 0 aliphatic carbocycles. The van der Waals surface area contributed by atoms with Gasteiger partial charge < -0.3 is 5.32 Å². The van der Waals surface area contributed by atoms with Gasteiger partial charge in [0.15, 0.2) is 0 Å². The van der Waals surface area contributed by atoms with Gasteiger partial charge in [-0.05, 0) is 44.6 Å². The third-order valence-electron chi connectivity index (χ3n) is 5.28. The molecule has 0 bridgehead atoms. The molecule has 0 spiro atoms. The maximum absolute atomic E-state index is 3.82. The first-order valence-electron chi connectivity index (χ1n) is 8.20. The zero-order chi connectivity index (χ0) is 14.7. The van der Waals surface area contributed by atoms with Gasteiger partial charge in [0.25, 0.3) is 0 Å². The van der Waals surface area contributed by atoms with Crippen molar-refractivity contribution in [3.63, 3.8) is 0 Å². The van der Waals surface area contributed by atoms with Crippen LogP contribution < -0.4 is 5.32 Å². The minimum absolute atomic E-state index is 0.297. The summed E-state index contributed by atoms with van der Waals surface area (Å²) in [7, 11) is 0. The largest absolute Gasteiger partial charge is 0.308 e. The molecule has 1 N–H and O–H groups in total. The molecule has 1 aliphatic rings. The van der Waals surface area contributed by atoms with Crippen LogP contribution in [0.3, 0.4) is 0 Å². The van der Waals surface area contributed by atoms with Crippen LogP contribution in [0.4, 0.5) is 0 Å². The Kier molecular flexibility index (Phi) is 5.48. The molecule has 0 saturated carbocycles. The van der Waals surface area contributed by atoms with E-state index in [1.807, 2.05) is 0 Å². The number of rotatable bonds is 5. The lowest BCUT2D eigenvalue weighted by Crippen LogP contribution is -2.68. The average Bonchev–Trinajstić information content (AvgIpc) is 2.36. The summed E-state index contributed by atoms with van der Waals surface area (Å²) in [6.07, 6.45) is 5.00. The van der Waals surface area contributed by atoms with Gasteiger partial charge in [0.05, 0.1) is 0 Å². The first kappa shape index (κ1) is 17.0. The minimum atomic E-state index is 0.297. The highest BCUT2D eigenvalue weighted by atomic mass is 15.3. The fraction of sp³-hybridized carbons (Fsp3) is 1.00. The normalized spacial score (nSPS) is 28.6. The molecule has 1 heterocycles. The Morgan fingerprint density at radius 3 is 2.05 bits per heavy atom.